The second kappa shape index (κ2) is 6.58. The lowest BCUT2D eigenvalue weighted by atomic mass is 9.86. The third-order valence-corrected chi connectivity index (χ3v) is 3.83. The second-order valence-corrected chi connectivity index (χ2v) is 5.22. The zero-order valence-electron chi connectivity index (χ0n) is 10.7. The fraction of sp³-hybridized carbons (Fsp3) is 0.467. The average molecular weight is 278 g/mol. The Morgan fingerprint density at radius 2 is 2.11 bits per heavy atom. The van der Waals surface area contributed by atoms with Crippen molar-refractivity contribution in [2.75, 3.05) is 6.61 Å². The Hall–Kier alpha value is -1.53. The van der Waals surface area contributed by atoms with Gasteiger partial charge < -0.3 is 4.74 Å². The number of benzene rings is 1. The molecule has 1 saturated carbocycles. The minimum absolute atomic E-state index is 0.0275. The number of hydrogen-bond acceptors (Lipinski definition) is 3. The maximum absolute atomic E-state index is 12.0. The predicted molar refractivity (Wildman–Crippen MR) is 73.2 cm³/mol. The summed E-state index contributed by atoms with van der Waals surface area (Å²) >= 11 is 5.91. The highest BCUT2D eigenvalue weighted by Gasteiger charge is 2.21. The monoisotopic (exact) mass is 277 g/mol. The van der Waals surface area contributed by atoms with E-state index in [0.29, 0.717) is 16.3 Å². The summed E-state index contributed by atoms with van der Waals surface area (Å²) < 4.78 is 5.47. The average Bonchev–Trinajstić information content (AvgIpc) is 2.45. The van der Waals surface area contributed by atoms with E-state index in [0.717, 1.165) is 25.7 Å². The minimum atomic E-state index is 0.0275. The SMILES string of the molecule is N#Cc1c(Cl)cccc1OCC(=O)C1CCCCC1. The van der Waals surface area contributed by atoms with Gasteiger partial charge in [-0.05, 0) is 25.0 Å². The first kappa shape index (κ1) is 13.9. The van der Waals surface area contributed by atoms with E-state index in [-0.39, 0.29) is 18.3 Å². The Kier molecular flexibility index (Phi) is 4.81. The summed E-state index contributed by atoms with van der Waals surface area (Å²) in [6, 6.07) is 7.01. The van der Waals surface area contributed by atoms with E-state index in [1.165, 1.54) is 6.42 Å². The Bertz CT molecular complexity index is 501. The summed E-state index contributed by atoms with van der Waals surface area (Å²) in [4.78, 5) is 12.0. The molecule has 0 atom stereocenters. The first-order valence-corrected chi connectivity index (χ1v) is 6.94. The van der Waals surface area contributed by atoms with Gasteiger partial charge in [0.25, 0.3) is 0 Å². The summed E-state index contributed by atoms with van der Waals surface area (Å²) in [7, 11) is 0. The Labute approximate surface area is 118 Å². The number of Topliss-reactive ketones (excluding diaryl/α,β-unsaturated/α-hetero) is 1. The van der Waals surface area contributed by atoms with Gasteiger partial charge in [0.05, 0.1) is 5.02 Å². The zero-order chi connectivity index (χ0) is 13.7. The van der Waals surface area contributed by atoms with Crippen molar-refractivity contribution in [3.63, 3.8) is 0 Å². The third-order valence-electron chi connectivity index (χ3n) is 3.52. The van der Waals surface area contributed by atoms with Crippen LogP contribution in [0.25, 0.3) is 0 Å². The van der Waals surface area contributed by atoms with Crippen LogP contribution >= 0.6 is 11.6 Å². The van der Waals surface area contributed by atoms with Crippen molar-refractivity contribution in [1.29, 1.82) is 5.26 Å². The number of carbonyl (C=O) groups is 1. The van der Waals surface area contributed by atoms with Crippen LogP contribution in [-0.2, 0) is 4.79 Å². The van der Waals surface area contributed by atoms with Gasteiger partial charge in [0.1, 0.15) is 24.0 Å². The highest BCUT2D eigenvalue weighted by molar-refractivity contribution is 6.31. The lowest BCUT2D eigenvalue weighted by Crippen LogP contribution is -2.23. The fourth-order valence-electron chi connectivity index (χ4n) is 2.42. The first-order chi connectivity index (χ1) is 9.22. The Morgan fingerprint density at radius 1 is 1.37 bits per heavy atom. The largest absolute Gasteiger partial charge is 0.484 e. The van der Waals surface area contributed by atoms with Crippen molar-refractivity contribution >= 4 is 17.4 Å². The van der Waals surface area contributed by atoms with Gasteiger partial charge >= 0.3 is 0 Å². The van der Waals surface area contributed by atoms with E-state index in [4.69, 9.17) is 21.6 Å². The molecule has 0 amide bonds. The molecule has 0 spiro atoms. The van der Waals surface area contributed by atoms with E-state index >= 15 is 0 Å². The van der Waals surface area contributed by atoms with Crippen LogP contribution in [0.15, 0.2) is 18.2 Å². The number of hydrogen-bond donors (Lipinski definition) is 0. The molecule has 2 rings (SSSR count). The molecule has 1 aromatic carbocycles. The molecular weight excluding hydrogens is 262 g/mol. The second-order valence-electron chi connectivity index (χ2n) is 4.81. The summed E-state index contributed by atoms with van der Waals surface area (Å²) in [6.07, 6.45) is 5.39. The Morgan fingerprint density at radius 3 is 2.79 bits per heavy atom. The topological polar surface area (TPSA) is 50.1 Å². The van der Waals surface area contributed by atoms with E-state index < -0.39 is 0 Å². The van der Waals surface area contributed by atoms with Crippen molar-refractivity contribution < 1.29 is 9.53 Å². The lowest BCUT2D eigenvalue weighted by molar-refractivity contribution is -0.125. The summed E-state index contributed by atoms with van der Waals surface area (Å²) in [5.74, 6) is 0.640. The van der Waals surface area contributed by atoms with Gasteiger partial charge in [0.15, 0.2) is 5.78 Å². The smallest absolute Gasteiger partial charge is 0.173 e. The highest BCUT2D eigenvalue weighted by atomic mass is 35.5. The van der Waals surface area contributed by atoms with E-state index in [1.54, 1.807) is 18.2 Å². The van der Waals surface area contributed by atoms with Crippen molar-refractivity contribution in [3.8, 4) is 11.8 Å². The van der Waals surface area contributed by atoms with E-state index in [2.05, 4.69) is 0 Å². The molecule has 0 heterocycles. The molecule has 1 fully saturated rings. The molecule has 0 N–H and O–H groups in total. The van der Waals surface area contributed by atoms with Crippen LogP contribution in [0.2, 0.25) is 5.02 Å². The summed E-state index contributed by atoms with van der Waals surface area (Å²) in [5.41, 5.74) is 0.292. The first-order valence-electron chi connectivity index (χ1n) is 6.56. The molecule has 3 nitrogen and oxygen atoms in total. The van der Waals surface area contributed by atoms with Crippen LogP contribution in [0.1, 0.15) is 37.7 Å². The Balaban J connectivity index is 1.97. The number of ketones is 1. The zero-order valence-corrected chi connectivity index (χ0v) is 11.4. The maximum Gasteiger partial charge on any atom is 0.173 e. The molecule has 0 aliphatic heterocycles. The number of halogens is 1. The number of nitriles is 1. The summed E-state index contributed by atoms with van der Waals surface area (Å²) in [5, 5.41) is 9.37. The van der Waals surface area contributed by atoms with Gasteiger partial charge in [-0.1, -0.05) is 36.9 Å². The van der Waals surface area contributed by atoms with Crippen LogP contribution in [-0.4, -0.2) is 12.4 Å². The van der Waals surface area contributed by atoms with Crippen molar-refractivity contribution in [1.82, 2.24) is 0 Å². The molecule has 100 valence electrons. The molecule has 0 unspecified atom stereocenters. The number of nitrogens with zero attached hydrogens (tertiary/aromatic N) is 1. The molecule has 0 saturated heterocycles. The molecule has 1 aliphatic carbocycles. The third kappa shape index (κ3) is 3.48. The lowest BCUT2D eigenvalue weighted by Gasteiger charge is -2.20. The van der Waals surface area contributed by atoms with Gasteiger partial charge in [-0.3, -0.25) is 4.79 Å². The number of ether oxygens (including phenoxy) is 1. The molecule has 19 heavy (non-hydrogen) atoms. The molecule has 1 aromatic rings. The van der Waals surface area contributed by atoms with E-state index in [1.807, 2.05) is 6.07 Å². The number of carbonyl (C=O) groups excluding carboxylic acids is 1. The predicted octanol–water partition coefficient (Wildman–Crippen LogP) is 3.74. The number of rotatable bonds is 4. The van der Waals surface area contributed by atoms with Crippen LogP contribution < -0.4 is 4.74 Å². The maximum atomic E-state index is 12.0. The van der Waals surface area contributed by atoms with Crippen LogP contribution in [0.5, 0.6) is 5.75 Å². The van der Waals surface area contributed by atoms with Gasteiger partial charge in [-0.15, -0.1) is 0 Å². The van der Waals surface area contributed by atoms with Crippen LogP contribution in [0.3, 0.4) is 0 Å². The quantitative estimate of drug-likeness (QED) is 0.842. The molecule has 0 bridgehead atoms. The van der Waals surface area contributed by atoms with Crippen molar-refractivity contribution in [3.05, 3.63) is 28.8 Å². The summed E-state index contributed by atoms with van der Waals surface area (Å²) in [6.45, 7) is 0.0275. The standard InChI is InChI=1S/C15H16ClNO2/c16-13-7-4-8-15(12(13)9-17)19-10-14(18)11-5-2-1-3-6-11/h4,7-8,11H,1-3,5-6,10H2. The molecule has 1 aliphatic rings. The van der Waals surface area contributed by atoms with E-state index in [9.17, 15) is 4.79 Å². The van der Waals surface area contributed by atoms with Gasteiger partial charge in [0.2, 0.25) is 0 Å². The normalized spacial score (nSPS) is 15.8. The fourth-order valence-corrected chi connectivity index (χ4v) is 2.63. The molecule has 4 heteroatoms. The van der Waals surface area contributed by atoms with Gasteiger partial charge in [-0.25, -0.2) is 0 Å². The van der Waals surface area contributed by atoms with Gasteiger partial charge in [-0.2, -0.15) is 5.26 Å². The molecular formula is C15H16ClNO2. The molecule has 0 aromatic heterocycles. The van der Waals surface area contributed by atoms with Gasteiger partial charge in [0, 0.05) is 5.92 Å². The molecule has 0 radical (unpaired) electrons. The van der Waals surface area contributed by atoms with Crippen molar-refractivity contribution in [2.45, 2.75) is 32.1 Å². The minimum Gasteiger partial charge on any atom is -0.484 e. The van der Waals surface area contributed by atoms with Crippen LogP contribution in [0, 0.1) is 17.2 Å². The highest BCUT2D eigenvalue weighted by Crippen LogP contribution is 2.27. The van der Waals surface area contributed by atoms with Crippen molar-refractivity contribution in [2.24, 2.45) is 5.92 Å². The van der Waals surface area contributed by atoms with Crippen LogP contribution in [0.4, 0.5) is 0 Å².